The Morgan fingerprint density at radius 1 is 1.15 bits per heavy atom. The van der Waals surface area contributed by atoms with Crippen molar-refractivity contribution in [3.8, 4) is 5.75 Å². The molecule has 0 bridgehead atoms. The molecule has 1 fully saturated rings. The van der Waals surface area contributed by atoms with E-state index in [1.165, 1.54) is 6.07 Å². The van der Waals surface area contributed by atoms with E-state index >= 15 is 0 Å². The molecule has 0 spiro atoms. The van der Waals surface area contributed by atoms with Crippen LogP contribution < -0.4 is 5.32 Å². The number of anilines is 1. The maximum atomic E-state index is 13.7. The SMILES string of the molecule is Cc1cc(O)ccc1NC1CC(c2ccccc2F)C1. The minimum Gasteiger partial charge on any atom is -0.508 e. The lowest BCUT2D eigenvalue weighted by atomic mass is 9.75. The summed E-state index contributed by atoms with van der Waals surface area (Å²) in [7, 11) is 0. The fourth-order valence-electron chi connectivity index (χ4n) is 2.83. The van der Waals surface area contributed by atoms with Crippen molar-refractivity contribution in [1.82, 2.24) is 0 Å². The largest absolute Gasteiger partial charge is 0.508 e. The standard InChI is InChI=1S/C17H18FNO/c1-11-8-14(20)6-7-17(11)19-13-9-12(10-13)15-4-2-3-5-16(15)18/h2-8,12-13,19-20H,9-10H2,1H3. The molecule has 1 saturated carbocycles. The number of rotatable bonds is 3. The highest BCUT2D eigenvalue weighted by atomic mass is 19.1. The van der Waals surface area contributed by atoms with Gasteiger partial charge in [0.05, 0.1) is 0 Å². The number of nitrogens with one attached hydrogen (secondary N) is 1. The molecule has 0 radical (unpaired) electrons. The van der Waals surface area contributed by atoms with Crippen molar-refractivity contribution in [2.45, 2.75) is 31.7 Å². The quantitative estimate of drug-likeness (QED) is 0.820. The summed E-state index contributed by atoms with van der Waals surface area (Å²) in [5.41, 5.74) is 2.90. The van der Waals surface area contributed by atoms with Gasteiger partial charge in [0.15, 0.2) is 0 Å². The average Bonchev–Trinajstić information content (AvgIpc) is 2.37. The molecule has 1 aliphatic carbocycles. The van der Waals surface area contributed by atoms with Crippen molar-refractivity contribution < 1.29 is 9.50 Å². The second kappa shape index (κ2) is 5.16. The zero-order valence-corrected chi connectivity index (χ0v) is 11.4. The summed E-state index contributed by atoms with van der Waals surface area (Å²) in [4.78, 5) is 0. The number of hydrogen-bond donors (Lipinski definition) is 2. The van der Waals surface area contributed by atoms with Crippen LogP contribution >= 0.6 is 0 Å². The smallest absolute Gasteiger partial charge is 0.126 e. The molecular weight excluding hydrogens is 253 g/mol. The van der Waals surface area contributed by atoms with Gasteiger partial charge < -0.3 is 10.4 Å². The Morgan fingerprint density at radius 3 is 2.60 bits per heavy atom. The van der Waals surface area contributed by atoms with Gasteiger partial charge in [0.25, 0.3) is 0 Å². The van der Waals surface area contributed by atoms with Gasteiger partial charge in [-0.2, -0.15) is 0 Å². The van der Waals surface area contributed by atoms with E-state index in [0.717, 1.165) is 29.7 Å². The molecule has 0 aliphatic heterocycles. The molecule has 3 rings (SSSR count). The van der Waals surface area contributed by atoms with Crippen LogP contribution in [0, 0.1) is 12.7 Å². The molecule has 2 N–H and O–H groups in total. The first kappa shape index (κ1) is 13.0. The second-order valence-electron chi connectivity index (χ2n) is 5.53. The van der Waals surface area contributed by atoms with Crippen molar-refractivity contribution in [1.29, 1.82) is 0 Å². The van der Waals surface area contributed by atoms with E-state index < -0.39 is 0 Å². The molecule has 2 aromatic carbocycles. The number of halogens is 1. The van der Waals surface area contributed by atoms with Gasteiger partial charge in [-0.05, 0) is 61.1 Å². The molecule has 2 nitrogen and oxygen atoms in total. The lowest BCUT2D eigenvalue weighted by molar-refractivity contribution is 0.363. The van der Waals surface area contributed by atoms with Crippen molar-refractivity contribution in [2.24, 2.45) is 0 Å². The molecule has 0 heterocycles. The van der Waals surface area contributed by atoms with E-state index in [0.29, 0.717) is 12.0 Å². The summed E-state index contributed by atoms with van der Waals surface area (Å²) in [6.07, 6.45) is 1.89. The van der Waals surface area contributed by atoms with Crippen LogP contribution in [0.4, 0.5) is 10.1 Å². The van der Waals surface area contributed by atoms with Crippen LogP contribution in [0.1, 0.15) is 29.9 Å². The Kier molecular flexibility index (Phi) is 3.35. The predicted molar refractivity (Wildman–Crippen MR) is 78.6 cm³/mol. The van der Waals surface area contributed by atoms with Gasteiger partial charge in [0.1, 0.15) is 11.6 Å². The van der Waals surface area contributed by atoms with Crippen molar-refractivity contribution >= 4 is 5.69 Å². The lowest BCUT2D eigenvalue weighted by Crippen LogP contribution is -2.34. The predicted octanol–water partition coefficient (Wildman–Crippen LogP) is 4.20. The first-order valence-corrected chi connectivity index (χ1v) is 6.94. The highest BCUT2D eigenvalue weighted by Gasteiger charge is 2.31. The number of hydrogen-bond acceptors (Lipinski definition) is 2. The molecule has 1 aliphatic rings. The van der Waals surface area contributed by atoms with Gasteiger partial charge in [0.2, 0.25) is 0 Å². The monoisotopic (exact) mass is 271 g/mol. The van der Waals surface area contributed by atoms with Gasteiger partial charge in [-0.1, -0.05) is 18.2 Å². The van der Waals surface area contributed by atoms with Crippen LogP contribution in [0.2, 0.25) is 0 Å². The molecule has 20 heavy (non-hydrogen) atoms. The van der Waals surface area contributed by atoms with Gasteiger partial charge in [-0.15, -0.1) is 0 Å². The Balaban J connectivity index is 1.62. The maximum absolute atomic E-state index is 13.7. The number of benzene rings is 2. The van der Waals surface area contributed by atoms with E-state index in [1.807, 2.05) is 25.1 Å². The van der Waals surface area contributed by atoms with E-state index in [2.05, 4.69) is 5.32 Å². The van der Waals surface area contributed by atoms with Gasteiger partial charge in [0, 0.05) is 11.7 Å². The van der Waals surface area contributed by atoms with E-state index in [9.17, 15) is 9.50 Å². The third kappa shape index (κ3) is 2.48. The number of phenolic OH excluding ortho intramolecular Hbond substituents is 1. The number of aryl methyl sites for hydroxylation is 1. The van der Waals surface area contributed by atoms with Crippen LogP contribution in [0.3, 0.4) is 0 Å². The molecular formula is C17H18FNO. The Bertz CT molecular complexity index is 620. The summed E-state index contributed by atoms with van der Waals surface area (Å²) < 4.78 is 13.7. The van der Waals surface area contributed by atoms with Gasteiger partial charge >= 0.3 is 0 Å². The Morgan fingerprint density at radius 2 is 1.90 bits per heavy atom. The summed E-state index contributed by atoms with van der Waals surface area (Å²) in [5, 5.41) is 12.9. The maximum Gasteiger partial charge on any atom is 0.126 e. The summed E-state index contributed by atoms with van der Waals surface area (Å²) in [5.74, 6) is 0.494. The van der Waals surface area contributed by atoms with Crippen LogP contribution in [-0.4, -0.2) is 11.1 Å². The Hall–Kier alpha value is -2.03. The fourth-order valence-corrected chi connectivity index (χ4v) is 2.83. The van der Waals surface area contributed by atoms with Crippen molar-refractivity contribution in [3.05, 3.63) is 59.4 Å². The summed E-state index contributed by atoms with van der Waals surface area (Å²) >= 11 is 0. The fraction of sp³-hybridized carbons (Fsp3) is 0.294. The zero-order valence-electron chi connectivity index (χ0n) is 11.4. The first-order valence-electron chi connectivity index (χ1n) is 6.94. The normalized spacial score (nSPS) is 21.3. The summed E-state index contributed by atoms with van der Waals surface area (Å²) in [6, 6.07) is 12.7. The molecule has 2 aromatic rings. The van der Waals surface area contributed by atoms with Crippen LogP contribution in [0.5, 0.6) is 5.75 Å². The molecule has 104 valence electrons. The molecule has 3 heteroatoms. The molecule has 0 saturated heterocycles. The number of aromatic hydroxyl groups is 1. The van der Waals surface area contributed by atoms with E-state index in [1.54, 1.807) is 18.2 Å². The molecule has 0 amide bonds. The average molecular weight is 271 g/mol. The van der Waals surface area contributed by atoms with E-state index in [-0.39, 0.29) is 11.6 Å². The summed E-state index contributed by atoms with van der Waals surface area (Å²) in [6.45, 7) is 1.97. The number of phenols is 1. The highest BCUT2D eigenvalue weighted by Crippen LogP contribution is 2.39. The van der Waals surface area contributed by atoms with Gasteiger partial charge in [-0.3, -0.25) is 0 Å². The zero-order chi connectivity index (χ0) is 14.1. The van der Waals surface area contributed by atoms with Crippen LogP contribution in [0.25, 0.3) is 0 Å². The van der Waals surface area contributed by atoms with Gasteiger partial charge in [-0.25, -0.2) is 4.39 Å². The first-order chi connectivity index (χ1) is 9.63. The molecule has 0 unspecified atom stereocenters. The van der Waals surface area contributed by atoms with Crippen molar-refractivity contribution in [2.75, 3.05) is 5.32 Å². The minimum atomic E-state index is -0.100. The third-order valence-electron chi connectivity index (χ3n) is 4.05. The topological polar surface area (TPSA) is 32.3 Å². The third-order valence-corrected chi connectivity index (χ3v) is 4.05. The second-order valence-corrected chi connectivity index (χ2v) is 5.53. The highest BCUT2D eigenvalue weighted by molar-refractivity contribution is 5.54. The van der Waals surface area contributed by atoms with E-state index in [4.69, 9.17) is 0 Å². The molecule has 0 aromatic heterocycles. The lowest BCUT2D eigenvalue weighted by Gasteiger charge is -2.37. The van der Waals surface area contributed by atoms with Crippen LogP contribution in [0.15, 0.2) is 42.5 Å². The van der Waals surface area contributed by atoms with Crippen LogP contribution in [-0.2, 0) is 0 Å². The Labute approximate surface area is 118 Å². The molecule has 0 atom stereocenters. The van der Waals surface area contributed by atoms with Crippen molar-refractivity contribution in [3.63, 3.8) is 0 Å². The minimum absolute atomic E-state index is 0.100.